The van der Waals surface area contributed by atoms with Crippen LogP contribution in [0.3, 0.4) is 0 Å². The lowest BCUT2D eigenvalue weighted by Gasteiger charge is -2.26. The molecule has 0 spiro atoms. The van der Waals surface area contributed by atoms with Crippen molar-refractivity contribution in [1.29, 1.82) is 0 Å². The summed E-state index contributed by atoms with van der Waals surface area (Å²) in [5.41, 5.74) is 2.10. The Balaban J connectivity index is 1.84. The van der Waals surface area contributed by atoms with Gasteiger partial charge in [-0.25, -0.2) is 0 Å². The van der Waals surface area contributed by atoms with E-state index in [4.69, 9.17) is 0 Å². The van der Waals surface area contributed by atoms with E-state index in [1.54, 1.807) is 35.2 Å². The van der Waals surface area contributed by atoms with E-state index >= 15 is 0 Å². The van der Waals surface area contributed by atoms with Gasteiger partial charge < -0.3 is 9.80 Å². The highest BCUT2D eigenvalue weighted by atomic mass is 32.1. The summed E-state index contributed by atoms with van der Waals surface area (Å²) in [6, 6.07) is -0.272. The highest BCUT2D eigenvalue weighted by Crippen LogP contribution is 2.32. The predicted molar refractivity (Wildman–Crippen MR) is 83.7 cm³/mol. The Kier molecular flexibility index (Phi) is 4.02. The first-order valence-corrected chi connectivity index (χ1v) is 8.59. The van der Waals surface area contributed by atoms with Gasteiger partial charge in [0.2, 0.25) is 5.91 Å². The van der Waals surface area contributed by atoms with Crippen LogP contribution in [0, 0.1) is 0 Å². The van der Waals surface area contributed by atoms with E-state index in [0.29, 0.717) is 6.54 Å². The van der Waals surface area contributed by atoms with Crippen molar-refractivity contribution in [2.75, 3.05) is 20.6 Å². The van der Waals surface area contributed by atoms with Crippen molar-refractivity contribution in [3.05, 3.63) is 21.4 Å². The maximum atomic E-state index is 12.9. The van der Waals surface area contributed by atoms with Crippen LogP contribution in [0.5, 0.6) is 0 Å². The minimum absolute atomic E-state index is 0.0462. The van der Waals surface area contributed by atoms with Crippen molar-refractivity contribution in [2.24, 2.45) is 0 Å². The molecule has 2 amide bonds. The van der Waals surface area contributed by atoms with Crippen LogP contribution in [0.1, 0.15) is 46.5 Å². The van der Waals surface area contributed by atoms with Gasteiger partial charge in [0.15, 0.2) is 0 Å². The number of hydrogen-bond donors (Lipinski definition) is 0. The fraction of sp³-hybridized carbons (Fsp3) is 0.625. The van der Waals surface area contributed by atoms with E-state index in [1.807, 2.05) is 5.38 Å². The molecule has 1 aromatic heterocycles. The number of thiophene rings is 1. The Morgan fingerprint density at radius 3 is 2.76 bits per heavy atom. The molecule has 0 saturated carbocycles. The number of nitrogens with zero attached hydrogens (tertiary/aromatic N) is 2. The molecule has 114 valence electrons. The second kappa shape index (κ2) is 5.79. The van der Waals surface area contributed by atoms with E-state index in [9.17, 15) is 9.59 Å². The first-order valence-electron chi connectivity index (χ1n) is 7.71. The third kappa shape index (κ3) is 2.59. The number of fused-ring (bicyclic) bond motifs is 1. The Labute approximate surface area is 129 Å². The third-order valence-corrected chi connectivity index (χ3v) is 5.62. The Hall–Kier alpha value is -1.36. The van der Waals surface area contributed by atoms with E-state index in [2.05, 4.69) is 0 Å². The quantitative estimate of drug-likeness (QED) is 0.841. The molecule has 1 unspecified atom stereocenters. The maximum absolute atomic E-state index is 12.9. The van der Waals surface area contributed by atoms with Crippen molar-refractivity contribution >= 4 is 23.2 Å². The number of hydrogen-bond acceptors (Lipinski definition) is 3. The van der Waals surface area contributed by atoms with Crippen molar-refractivity contribution in [2.45, 2.75) is 44.6 Å². The molecular weight excluding hydrogens is 284 g/mol. The first-order chi connectivity index (χ1) is 10.1. The van der Waals surface area contributed by atoms with Crippen LogP contribution in [-0.2, 0) is 17.6 Å². The summed E-state index contributed by atoms with van der Waals surface area (Å²) in [6.07, 6.45) is 6.22. The van der Waals surface area contributed by atoms with Gasteiger partial charge in [-0.05, 0) is 44.1 Å². The van der Waals surface area contributed by atoms with Gasteiger partial charge >= 0.3 is 0 Å². The van der Waals surface area contributed by atoms with Crippen molar-refractivity contribution in [3.63, 3.8) is 0 Å². The molecule has 0 bridgehead atoms. The molecule has 3 rings (SSSR count). The molecular formula is C16H22N2O2S. The first kappa shape index (κ1) is 14.6. The second-order valence-corrected chi connectivity index (χ2v) is 7.11. The van der Waals surface area contributed by atoms with Gasteiger partial charge in [0, 0.05) is 30.9 Å². The minimum atomic E-state index is -0.272. The van der Waals surface area contributed by atoms with E-state index in [0.717, 1.165) is 31.2 Å². The zero-order valence-electron chi connectivity index (χ0n) is 12.7. The zero-order chi connectivity index (χ0) is 15.0. The number of carbonyl (C=O) groups excluding carboxylic acids is 2. The second-order valence-electron chi connectivity index (χ2n) is 6.15. The molecule has 21 heavy (non-hydrogen) atoms. The lowest BCUT2D eigenvalue weighted by Crippen LogP contribution is -2.45. The average molecular weight is 306 g/mol. The Morgan fingerprint density at radius 2 is 2.00 bits per heavy atom. The third-order valence-electron chi connectivity index (χ3n) is 4.53. The summed E-state index contributed by atoms with van der Waals surface area (Å²) < 4.78 is 0. The normalized spacial score (nSPS) is 21.2. The maximum Gasteiger partial charge on any atom is 0.255 e. The Bertz CT molecular complexity index is 565. The summed E-state index contributed by atoms with van der Waals surface area (Å²) in [6.45, 7) is 0.702. The monoisotopic (exact) mass is 306 g/mol. The molecule has 1 fully saturated rings. The van der Waals surface area contributed by atoms with Crippen molar-refractivity contribution < 1.29 is 9.59 Å². The summed E-state index contributed by atoms with van der Waals surface area (Å²) in [4.78, 5) is 29.9. The van der Waals surface area contributed by atoms with Gasteiger partial charge in [0.25, 0.3) is 5.91 Å². The molecule has 1 saturated heterocycles. The fourth-order valence-electron chi connectivity index (χ4n) is 3.39. The summed E-state index contributed by atoms with van der Waals surface area (Å²) in [7, 11) is 3.52. The summed E-state index contributed by atoms with van der Waals surface area (Å²) in [5.74, 6) is 0.108. The molecule has 0 radical (unpaired) electrons. The molecule has 0 N–H and O–H groups in total. The van der Waals surface area contributed by atoms with E-state index in [-0.39, 0.29) is 17.9 Å². The average Bonchev–Trinajstić information content (AvgIpc) is 3.12. The lowest BCUT2D eigenvalue weighted by molar-refractivity contribution is -0.132. The molecule has 2 aliphatic rings. The van der Waals surface area contributed by atoms with Gasteiger partial charge in [0.05, 0.1) is 5.56 Å². The topological polar surface area (TPSA) is 40.6 Å². The molecule has 5 heteroatoms. The number of likely N-dealkylation sites (N-methyl/N-ethyl adjacent to an activating group) is 1. The predicted octanol–water partition coefficient (Wildman–Crippen LogP) is 2.32. The lowest BCUT2D eigenvalue weighted by atomic mass is 9.95. The van der Waals surface area contributed by atoms with Crippen LogP contribution >= 0.6 is 11.3 Å². The standard InChI is InChI=1S/C16H22N2O2S/c1-17(2)16(20)13-7-5-9-18(13)15(19)12-10-21-14-8-4-3-6-11(12)14/h10,13H,3-9H2,1-2H3. The molecule has 2 heterocycles. The molecule has 1 aliphatic heterocycles. The number of rotatable bonds is 2. The van der Waals surface area contributed by atoms with E-state index in [1.165, 1.54) is 23.3 Å². The van der Waals surface area contributed by atoms with Crippen LogP contribution in [0.25, 0.3) is 0 Å². The zero-order valence-corrected chi connectivity index (χ0v) is 13.5. The van der Waals surface area contributed by atoms with E-state index < -0.39 is 0 Å². The SMILES string of the molecule is CN(C)C(=O)C1CCCN1C(=O)c1csc2c1CCCC2. The minimum Gasteiger partial charge on any atom is -0.347 e. The van der Waals surface area contributed by atoms with Crippen LogP contribution < -0.4 is 0 Å². The molecule has 1 aliphatic carbocycles. The van der Waals surface area contributed by atoms with Gasteiger partial charge in [0.1, 0.15) is 6.04 Å². The summed E-state index contributed by atoms with van der Waals surface area (Å²) >= 11 is 1.71. The largest absolute Gasteiger partial charge is 0.347 e. The molecule has 4 nitrogen and oxygen atoms in total. The van der Waals surface area contributed by atoms with Crippen LogP contribution in [0.2, 0.25) is 0 Å². The van der Waals surface area contributed by atoms with Crippen LogP contribution in [-0.4, -0.2) is 48.3 Å². The smallest absolute Gasteiger partial charge is 0.255 e. The molecule has 1 atom stereocenters. The Morgan fingerprint density at radius 1 is 1.24 bits per heavy atom. The van der Waals surface area contributed by atoms with Crippen molar-refractivity contribution in [1.82, 2.24) is 9.80 Å². The number of carbonyl (C=O) groups is 2. The van der Waals surface area contributed by atoms with Gasteiger partial charge in [-0.3, -0.25) is 9.59 Å². The van der Waals surface area contributed by atoms with Crippen LogP contribution in [0.15, 0.2) is 5.38 Å². The summed E-state index contributed by atoms with van der Waals surface area (Å²) in [5, 5.41) is 2.01. The highest BCUT2D eigenvalue weighted by Gasteiger charge is 2.36. The number of aryl methyl sites for hydroxylation is 1. The molecule has 0 aromatic carbocycles. The van der Waals surface area contributed by atoms with Gasteiger partial charge in [-0.15, -0.1) is 11.3 Å². The highest BCUT2D eigenvalue weighted by molar-refractivity contribution is 7.10. The molecule has 1 aromatic rings. The van der Waals surface area contributed by atoms with Gasteiger partial charge in [-0.2, -0.15) is 0 Å². The van der Waals surface area contributed by atoms with Crippen molar-refractivity contribution in [3.8, 4) is 0 Å². The van der Waals surface area contributed by atoms with Crippen LogP contribution in [0.4, 0.5) is 0 Å². The van der Waals surface area contributed by atoms with Gasteiger partial charge in [-0.1, -0.05) is 0 Å². The number of likely N-dealkylation sites (tertiary alicyclic amines) is 1. The fourth-order valence-corrected chi connectivity index (χ4v) is 4.51. The number of amides is 2.